The third-order valence-corrected chi connectivity index (χ3v) is 4.34. The lowest BCUT2D eigenvalue weighted by Gasteiger charge is -2.42. The van der Waals surface area contributed by atoms with E-state index >= 15 is 0 Å². The van der Waals surface area contributed by atoms with E-state index in [4.69, 9.17) is 4.74 Å². The van der Waals surface area contributed by atoms with Gasteiger partial charge in [0, 0.05) is 17.6 Å². The molecule has 0 heterocycles. The van der Waals surface area contributed by atoms with Gasteiger partial charge in [-0.05, 0) is 27.2 Å². The van der Waals surface area contributed by atoms with Crippen molar-refractivity contribution in [2.24, 2.45) is 0 Å². The van der Waals surface area contributed by atoms with E-state index in [1.54, 1.807) is 6.92 Å². The molecule has 0 fully saturated rings. The van der Waals surface area contributed by atoms with Crippen molar-refractivity contribution in [3.63, 3.8) is 0 Å². The van der Waals surface area contributed by atoms with Gasteiger partial charge in [0.15, 0.2) is 0 Å². The third kappa shape index (κ3) is 6.11. The summed E-state index contributed by atoms with van der Waals surface area (Å²) in [7, 11) is 0. The highest BCUT2D eigenvalue weighted by Gasteiger charge is 2.36. The second kappa shape index (κ2) is 10.6. The predicted octanol–water partition coefficient (Wildman–Crippen LogP) is 1.29. The normalized spacial score (nSPS) is 12.2. The van der Waals surface area contributed by atoms with Gasteiger partial charge in [-0.1, -0.05) is 43.8 Å². The molecule has 0 N–H and O–H groups in total. The monoisotopic (exact) mass is 383 g/mol. The Morgan fingerprint density at radius 3 is 2.17 bits per heavy atom. The number of nitrogens with zero attached hydrogens (tertiary/aromatic N) is 1. The zero-order valence-electron chi connectivity index (χ0n) is 14.8. The van der Waals surface area contributed by atoms with Crippen molar-refractivity contribution in [1.82, 2.24) is 0 Å². The largest absolute Gasteiger partial charge is 1.00 e. The average Bonchev–Trinajstić information content (AvgIpc) is 2.53. The molecule has 0 aromatic heterocycles. The van der Waals surface area contributed by atoms with Crippen molar-refractivity contribution < 1.29 is 31.0 Å². The number of halogens is 1. The van der Waals surface area contributed by atoms with Crippen LogP contribution in [0.5, 0.6) is 0 Å². The lowest BCUT2D eigenvalue weighted by molar-refractivity contribution is -0.978. The first-order valence-corrected chi connectivity index (χ1v) is 8.25. The molecule has 23 heavy (non-hydrogen) atoms. The lowest BCUT2D eigenvalue weighted by Crippen LogP contribution is -3.00. The number of carbonyl (C=O) groups excluding carboxylic acids is 1. The fourth-order valence-electron chi connectivity index (χ4n) is 2.82. The number of hydrogen-bond acceptors (Lipinski definition) is 2. The highest BCUT2D eigenvalue weighted by Crippen LogP contribution is 2.24. The highest BCUT2D eigenvalue weighted by molar-refractivity contribution is 5.87. The van der Waals surface area contributed by atoms with Crippen LogP contribution in [0.2, 0.25) is 0 Å². The molecule has 3 nitrogen and oxygen atoms in total. The number of carbonyl (C=O) groups is 1. The van der Waals surface area contributed by atoms with Gasteiger partial charge in [-0.2, -0.15) is 0 Å². The van der Waals surface area contributed by atoms with Crippen LogP contribution in [0.15, 0.2) is 42.5 Å². The zero-order valence-corrected chi connectivity index (χ0v) is 16.4. The van der Waals surface area contributed by atoms with Crippen LogP contribution in [-0.4, -0.2) is 29.8 Å². The van der Waals surface area contributed by atoms with Gasteiger partial charge in [-0.3, -0.25) is 4.48 Å². The summed E-state index contributed by atoms with van der Waals surface area (Å²) in [5.74, 6) is -0.282. The second-order valence-electron chi connectivity index (χ2n) is 5.92. The van der Waals surface area contributed by atoms with Crippen LogP contribution in [0.1, 0.15) is 46.1 Å². The Balaban J connectivity index is 0.00000484. The minimum Gasteiger partial charge on any atom is -1.00 e. The number of hydrogen-bond donors (Lipinski definition) is 0. The van der Waals surface area contributed by atoms with Crippen LogP contribution in [-0.2, 0) is 16.1 Å². The zero-order chi connectivity index (χ0) is 16.6. The Labute approximate surface area is 151 Å². The highest BCUT2D eigenvalue weighted by atomic mass is 79.9. The number of esters is 1. The van der Waals surface area contributed by atoms with Crippen LogP contribution >= 0.6 is 0 Å². The van der Waals surface area contributed by atoms with Crippen LogP contribution < -0.4 is 17.0 Å². The van der Waals surface area contributed by atoms with E-state index in [0.717, 1.165) is 37.0 Å². The molecule has 1 aromatic rings. The van der Waals surface area contributed by atoms with Gasteiger partial charge in [0.25, 0.3) is 0 Å². The minimum atomic E-state index is -0.282. The maximum atomic E-state index is 12.0. The first-order chi connectivity index (χ1) is 10.5. The Bertz CT molecular complexity index is 483. The van der Waals surface area contributed by atoms with E-state index in [-0.39, 0.29) is 29.2 Å². The summed E-state index contributed by atoms with van der Waals surface area (Å²) >= 11 is 0. The minimum absolute atomic E-state index is 0. The molecule has 0 saturated heterocycles. The first kappa shape index (κ1) is 21.9. The molecule has 4 heteroatoms. The maximum Gasteiger partial charge on any atom is 0.337 e. The molecular formula is C19H30BrNO2. The molecule has 0 bridgehead atoms. The first-order valence-electron chi connectivity index (χ1n) is 8.25. The average molecular weight is 384 g/mol. The SMILES string of the molecule is C=C(C)C(=O)OC(CCC)[N+](CC)(CC)Cc1ccccc1.[Br-]. The molecule has 1 aromatic carbocycles. The van der Waals surface area contributed by atoms with Gasteiger partial charge in [0.05, 0.1) is 13.1 Å². The summed E-state index contributed by atoms with van der Waals surface area (Å²) in [6.07, 6.45) is 1.74. The Kier molecular flexibility index (Phi) is 10.1. The van der Waals surface area contributed by atoms with Gasteiger partial charge in [-0.25, -0.2) is 4.79 Å². The Morgan fingerprint density at radius 1 is 1.17 bits per heavy atom. The topological polar surface area (TPSA) is 26.3 Å². The van der Waals surface area contributed by atoms with Crippen LogP contribution in [0.4, 0.5) is 0 Å². The van der Waals surface area contributed by atoms with E-state index in [1.165, 1.54) is 5.56 Å². The molecule has 0 saturated carbocycles. The maximum absolute atomic E-state index is 12.0. The molecule has 0 amide bonds. The van der Waals surface area contributed by atoms with E-state index < -0.39 is 0 Å². The molecule has 0 radical (unpaired) electrons. The van der Waals surface area contributed by atoms with E-state index in [0.29, 0.717) is 5.57 Å². The van der Waals surface area contributed by atoms with Crippen molar-refractivity contribution in [3.8, 4) is 0 Å². The summed E-state index contributed by atoms with van der Waals surface area (Å²) in [5, 5.41) is 0. The quantitative estimate of drug-likeness (QED) is 0.278. The van der Waals surface area contributed by atoms with E-state index in [1.807, 2.05) is 6.07 Å². The summed E-state index contributed by atoms with van der Waals surface area (Å²) in [5.41, 5.74) is 1.74. The van der Waals surface area contributed by atoms with Gasteiger partial charge in [-0.15, -0.1) is 0 Å². The smallest absolute Gasteiger partial charge is 0.337 e. The van der Waals surface area contributed by atoms with Gasteiger partial charge < -0.3 is 21.7 Å². The molecule has 1 atom stereocenters. The van der Waals surface area contributed by atoms with Crippen molar-refractivity contribution in [2.45, 2.75) is 53.3 Å². The molecule has 0 aliphatic rings. The number of benzene rings is 1. The van der Waals surface area contributed by atoms with Crippen LogP contribution in [0, 0.1) is 0 Å². The van der Waals surface area contributed by atoms with Gasteiger partial charge >= 0.3 is 5.97 Å². The molecule has 0 aliphatic carbocycles. The lowest BCUT2D eigenvalue weighted by atomic mass is 10.1. The van der Waals surface area contributed by atoms with Crippen molar-refractivity contribution in [2.75, 3.05) is 13.1 Å². The van der Waals surface area contributed by atoms with E-state index in [9.17, 15) is 4.79 Å². The van der Waals surface area contributed by atoms with Gasteiger partial charge in [0.2, 0.25) is 6.23 Å². The summed E-state index contributed by atoms with van der Waals surface area (Å²) in [6.45, 7) is 14.6. The van der Waals surface area contributed by atoms with Crippen molar-refractivity contribution in [1.29, 1.82) is 0 Å². The van der Waals surface area contributed by atoms with Crippen molar-refractivity contribution in [3.05, 3.63) is 48.0 Å². The standard InChI is InChI=1S/C19H30NO2.BrH/c1-6-12-18(22-19(21)16(4)5)20(7-2,8-3)15-17-13-10-9-11-14-17;/h9-11,13-14,18H,4,6-8,12,15H2,1-3,5H3;1H/q+1;/p-1. The molecule has 0 spiro atoms. The van der Waals surface area contributed by atoms with Crippen LogP contribution in [0.25, 0.3) is 0 Å². The third-order valence-electron chi connectivity index (χ3n) is 4.34. The van der Waals surface area contributed by atoms with Gasteiger partial charge in [0.1, 0.15) is 6.54 Å². The van der Waals surface area contributed by atoms with Crippen molar-refractivity contribution >= 4 is 5.97 Å². The number of ether oxygens (including phenoxy) is 1. The summed E-state index contributed by atoms with van der Waals surface area (Å²) in [6, 6.07) is 10.4. The number of quaternary nitrogens is 1. The fraction of sp³-hybridized carbons (Fsp3) is 0.526. The molecule has 1 unspecified atom stereocenters. The second-order valence-corrected chi connectivity index (χ2v) is 5.92. The Morgan fingerprint density at radius 2 is 1.74 bits per heavy atom. The van der Waals surface area contributed by atoms with E-state index in [2.05, 4.69) is 51.6 Å². The molecular weight excluding hydrogens is 354 g/mol. The summed E-state index contributed by atoms with van der Waals surface area (Å²) < 4.78 is 6.57. The molecule has 1 rings (SSSR count). The Hall–Kier alpha value is -1.13. The molecule has 0 aliphatic heterocycles. The molecule has 130 valence electrons. The predicted molar refractivity (Wildman–Crippen MR) is 91.1 cm³/mol. The fourth-order valence-corrected chi connectivity index (χ4v) is 2.82. The summed E-state index contributed by atoms with van der Waals surface area (Å²) in [4.78, 5) is 12.0. The number of rotatable bonds is 9. The van der Waals surface area contributed by atoms with Crippen LogP contribution in [0.3, 0.4) is 0 Å².